The number of halogens is 2. The summed E-state index contributed by atoms with van der Waals surface area (Å²) in [5.74, 6) is 1.00. The number of nitrogen functional groups attached to an aromatic ring is 1. The molecule has 0 unspecified atom stereocenters. The number of benzene rings is 2. The van der Waals surface area contributed by atoms with Gasteiger partial charge in [0.15, 0.2) is 5.75 Å². The number of H-pyrrole nitrogens is 1. The molecule has 3 N–H and O–H groups in total. The average Bonchev–Trinajstić information content (AvgIpc) is 2.61. The van der Waals surface area contributed by atoms with Crippen molar-refractivity contribution in [3.05, 3.63) is 67.3 Å². The summed E-state index contributed by atoms with van der Waals surface area (Å²) < 4.78 is 11.7. The molecule has 10 heteroatoms. The van der Waals surface area contributed by atoms with E-state index in [9.17, 15) is 9.59 Å². The second-order valence-electron chi connectivity index (χ2n) is 5.07. The number of rotatable bonds is 4. The van der Waals surface area contributed by atoms with Crippen LogP contribution in [0.15, 0.2) is 46.0 Å². The standard InChI is InChI=1S/C16H12Cl2N4O4/c1-25-9-2-4-10(5-3-9)26-13-11(17)6-8(7-12(13)18)22-16(24)20-15(23)14(19)21-22/h2-7H,1H3,(H2,19,21)(H,20,23,24). The van der Waals surface area contributed by atoms with Crippen molar-refractivity contribution in [3.8, 4) is 22.9 Å². The van der Waals surface area contributed by atoms with Crippen LogP contribution in [0.25, 0.3) is 5.69 Å². The number of nitrogens with one attached hydrogen (secondary N) is 1. The highest BCUT2D eigenvalue weighted by atomic mass is 35.5. The quantitative estimate of drug-likeness (QED) is 0.702. The summed E-state index contributed by atoms with van der Waals surface area (Å²) in [6.07, 6.45) is 0. The van der Waals surface area contributed by atoms with Crippen molar-refractivity contribution < 1.29 is 9.47 Å². The number of nitrogens with two attached hydrogens (primary N) is 1. The van der Waals surface area contributed by atoms with E-state index in [1.807, 2.05) is 4.98 Å². The lowest BCUT2D eigenvalue weighted by Crippen LogP contribution is -2.33. The molecule has 0 saturated carbocycles. The van der Waals surface area contributed by atoms with Gasteiger partial charge < -0.3 is 15.2 Å². The maximum atomic E-state index is 11.9. The molecule has 134 valence electrons. The van der Waals surface area contributed by atoms with Gasteiger partial charge in [0.1, 0.15) is 11.5 Å². The van der Waals surface area contributed by atoms with Crippen LogP contribution in [-0.2, 0) is 0 Å². The van der Waals surface area contributed by atoms with Crippen molar-refractivity contribution in [2.75, 3.05) is 12.8 Å². The zero-order valence-corrected chi connectivity index (χ0v) is 14.8. The van der Waals surface area contributed by atoms with Crippen molar-refractivity contribution in [1.29, 1.82) is 0 Å². The number of hydrogen-bond acceptors (Lipinski definition) is 6. The number of nitrogens with zero attached hydrogens (tertiary/aromatic N) is 2. The lowest BCUT2D eigenvalue weighted by Gasteiger charge is -2.12. The van der Waals surface area contributed by atoms with Crippen LogP contribution in [0.1, 0.15) is 0 Å². The van der Waals surface area contributed by atoms with E-state index in [1.165, 1.54) is 12.1 Å². The Labute approximate surface area is 156 Å². The predicted molar refractivity (Wildman–Crippen MR) is 98.0 cm³/mol. The Morgan fingerprint density at radius 1 is 1.08 bits per heavy atom. The highest BCUT2D eigenvalue weighted by Gasteiger charge is 2.14. The SMILES string of the molecule is COc1ccc(Oc2c(Cl)cc(-n3nc(N)c(=O)[nH]c3=O)cc2Cl)cc1. The summed E-state index contributed by atoms with van der Waals surface area (Å²) in [5.41, 5.74) is 4.11. The molecule has 0 bridgehead atoms. The van der Waals surface area contributed by atoms with E-state index in [0.29, 0.717) is 11.5 Å². The molecular weight excluding hydrogens is 383 g/mol. The summed E-state index contributed by atoms with van der Waals surface area (Å²) in [6, 6.07) is 9.65. The van der Waals surface area contributed by atoms with E-state index < -0.39 is 11.2 Å². The second kappa shape index (κ2) is 7.11. The highest BCUT2D eigenvalue weighted by molar-refractivity contribution is 6.37. The van der Waals surface area contributed by atoms with Crippen LogP contribution in [-0.4, -0.2) is 21.9 Å². The highest BCUT2D eigenvalue weighted by Crippen LogP contribution is 2.38. The minimum atomic E-state index is -0.778. The molecular formula is C16H12Cl2N4O4. The molecule has 0 aliphatic heterocycles. The summed E-state index contributed by atoms with van der Waals surface area (Å²) in [5, 5.41) is 4.00. The molecule has 0 fully saturated rings. The first-order valence-corrected chi connectivity index (χ1v) is 7.95. The molecule has 3 rings (SSSR count). The Morgan fingerprint density at radius 3 is 2.23 bits per heavy atom. The van der Waals surface area contributed by atoms with Crippen LogP contribution < -0.4 is 26.5 Å². The second-order valence-corrected chi connectivity index (χ2v) is 5.89. The van der Waals surface area contributed by atoms with Crippen LogP contribution in [0.4, 0.5) is 5.82 Å². The molecule has 8 nitrogen and oxygen atoms in total. The van der Waals surface area contributed by atoms with Gasteiger partial charge in [-0.15, -0.1) is 5.10 Å². The lowest BCUT2D eigenvalue weighted by atomic mass is 10.3. The zero-order valence-electron chi connectivity index (χ0n) is 13.3. The van der Waals surface area contributed by atoms with E-state index in [4.69, 9.17) is 38.4 Å². The Kier molecular flexibility index (Phi) is 4.88. The fourth-order valence-electron chi connectivity index (χ4n) is 2.12. The summed E-state index contributed by atoms with van der Waals surface area (Å²) in [7, 11) is 1.56. The normalized spacial score (nSPS) is 10.6. The molecule has 0 atom stereocenters. The molecule has 1 heterocycles. The molecule has 3 aromatic rings. The van der Waals surface area contributed by atoms with E-state index in [-0.39, 0.29) is 27.3 Å². The van der Waals surface area contributed by atoms with Crippen molar-refractivity contribution in [2.24, 2.45) is 0 Å². The third kappa shape index (κ3) is 3.51. The third-order valence-electron chi connectivity index (χ3n) is 3.36. The number of methoxy groups -OCH3 is 1. The van der Waals surface area contributed by atoms with Crippen molar-refractivity contribution >= 4 is 29.0 Å². The fraction of sp³-hybridized carbons (Fsp3) is 0.0625. The van der Waals surface area contributed by atoms with E-state index in [1.54, 1.807) is 31.4 Å². The maximum absolute atomic E-state index is 11.9. The lowest BCUT2D eigenvalue weighted by molar-refractivity contribution is 0.413. The molecule has 0 amide bonds. The maximum Gasteiger partial charge on any atom is 0.349 e. The fourth-order valence-corrected chi connectivity index (χ4v) is 2.67. The summed E-state index contributed by atoms with van der Waals surface area (Å²) in [6.45, 7) is 0. The predicted octanol–water partition coefficient (Wildman–Crippen LogP) is 2.61. The first kappa shape index (κ1) is 17.8. The topological polar surface area (TPSA) is 112 Å². The number of anilines is 1. The van der Waals surface area contributed by atoms with Gasteiger partial charge in [-0.3, -0.25) is 9.78 Å². The van der Waals surface area contributed by atoms with Gasteiger partial charge in [0.05, 0.1) is 22.8 Å². The Morgan fingerprint density at radius 2 is 1.65 bits per heavy atom. The van der Waals surface area contributed by atoms with Gasteiger partial charge in [-0.1, -0.05) is 23.2 Å². The zero-order chi connectivity index (χ0) is 18.8. The number of aromatic nitrogens is 3. The molecule has 0 aliphatic carbocycles. The Hall–Kier alpha value is -2.97. The van der Waals surface area contributed by atoms with Crippen LogP contribution >= 0.6 is 23.2 Å². The van der Waals surface area contributed by atoms with Crippen molar-refractivity contribution in [2.45, 2.75) is 0 Å². The smallest absolute Gasteiger partial charge is 0.349 e. The summed E-state index contributed by atoms with van der Waals surface area (Å²) in [4.78, 5) is 25.3. The molecule has 1 aromatic heterocycles. The van der Waals surface area contributed by atoms with Gasteiger partial charge in [0.25, 0.3) is 5.56 Å². The molecule has 2 aromatic carbocycles. The number of aromatic amines is 1. The van der Waals surface area contributed by atoms with Gasteiger partial charge in [0, 0.05) is 0 Å². The third-order valence-corrected chi connectivity index (χ3v) is 3.92. The number of hydrogen-bond donors (Lipinski definition) is 2. The molecule has 0 spiro atoms. The molecule has 0 radical (unpaired) electrons. The van der Waals surface area contributed by atoms with Gasteiger partial charge in [-0.25, -0.2) is 4.79 Å². The number of ether oxygens (including phenoxy) is 2. The van der Waals surface area contributed by atoms with E-state index >= 15 is 0 Å². The van der Waals surface area contributed by atoms with E-state index in [0.717, 1.165) is 4.68 Å². The van der Waals surface area contributed by atoms with Gasteiger partial charge in [-0.2, -0.15) is 4.68 Å². The Bertz CT molecular complexity index is 1050. The first-order chi connectivity index (χ1) is 12.4. The van der Waals surface area contributed by atoms with Crippen molar-refractivity contribution in [3.63, 3.8) is 0 Å². The van der Waals surface area contributed by atoms with Crippen LogP contribution in [0.5, 0.6) is 17.2 Å². The largest absolute Gasteiger partial charge is 0.497 e. The molecule has 0 aliphatic rings. The van der Waals surface area contributed by atoms with Crippen LogP contribution in [0.3, 0.4) is 0 Å². The van der Waals surface area contributed by atoms with Crippen LogP contribution in [0.2, 0.25) is 10.0 Å². The van der Waals surface area contributed by atoms with Gasteiger partial charge in [-0.05, 0) is 36.4 Å². The van der Waals surface area contributed by atoms with Gasteiger partial charge in [0.2, 0.25) is 5.82 Å². The van der Waals surface area contributed by atoms with E-state index in [2.05, 4.69) is 5.10 Å². The first-order valence-electron chi connectivity index (χ1n) is 7.19. The molecule has 0 saturated heterocycles. The molecule has 26 heavy (non-hydrogen) atoms. The monoisotopic (exact) mass is 394 g/mol. The summed E-state index contributed by atoms with van der Waals surface area (Å²) >= 11 is 12.5. The minimum Gasteiger partial charge on any atom is -0.497 e. The van der Waals surface area contributed by atoms with Crippen LogP contribution in [0, 0.1) is 0 Å². The van der Waals surface area contributed by atoms with Crippen molar-refractivity contribution in [1.82, 2.24) is 14.8 Å². The average molecular weight is 395 g/mol. The minimum absolute atomic E-state index is 0.141. The van der Waals surface area contributed by atoms with Gasteiger partial charge >= 0.3 is 5.69 Å². The Balaban J connectivity index is 1.99.